The second kappa shape index (κ2) is 2.70. The van der Waals surface area contributed by atoms with E-state index in [1.807, 2.05) is 0 Å². The van der Waals surface area contributed by atoms with Crippen LogP contribution in [0.15, 0.2) is 0 Å². The molecule has 5 nitrogen and oxygen atoms in total. The summed E-state index contributed by atoms with van der Waals surface area (Å²) in [5, 5.41) is 8.66. The molecule has 0 aromatic heterocycles. The molecule has 0 aromatic rings. The maximum Gasteiger partial charge on any atom is 0.337 e. The third-order valence-electron chi connectivity index (χ3n) is 1.86. The molecule has 6 heteroatoms. The second-order valence-electron chi connectivity index (χ2n) is 2.94. The molecule has 0 aliphatic heterocycles. The molecule has 1 aliphatic carbocycles. The first-order valence-electron chi connectivity index (χ1n) is 3.50. The van der Waals surface area contributed by atoms with Crippen LogP contribution in [0.3, 0.4) is 0 Å². The van der Waals surface area contributed by atoms with Crippen molar-refractivity contribution in [1.29, 1.82) is 0 Å². The molecule has 0 amide bonds. The van der Waals surface area contributed by atoms with Crippen molar-refractivity contribution in [1.82, 2.24) is 0 Å². The lowest BCUT2D eigenvalue weighted by atomic mass is 9.80. The van der Waals surface area contributed by atoms with Crippen molar-refractivity contribution in [3.63, 3.8) is 0 Å². The summed E-state index contributed by atoms with van der Waals surface area (Å²) in [5.41, 5.74) is -1.46. The van der Waals surface area contributed by atoms with Gasteiger partial charge in [-0.15, -0.1) is 0 Å². The Morgan fingerprint density at radius 3 is 2.08 bits per heavy atom. The Morgan fingerprint density at radius 2 is 2.00 bits per heavy atom. The Balaban J connectivity index is 2.76. The minimum atomic E-state index is -3.67. The Morgan fingerprint density at radius 1 is 1.50 bits per heavy atom. The highest BCUT2D eigenvalue weighted by atomic mass is 32.2. The van der Waals surface area contributed by atoms with Gasteiger partial charge in [0.05, 0.1) is 6.26 Å². The van der Waals surface area contributed by atoms with E-state index in [0.29, 0.717) is 6.42 Å². The van der Waals surface area contributed by atoms with Gasteiger partial charge in [0.25, 0.3) is 10.1 Å². The molecule has 0 spiro atoms. The number of rotatable bonds is 3. The molecule has 0 saturated heterocycles. The first kappa shape index (κ1) is 9.47. The zero-order chi connectivity index (χ0) is 9.41. The molecular weight excluding hydrogens is 184 g/mol. The van der Waals surface area contributed by atoms with Gasteiger partial charge in [-0.25, -0.2) is 4.79 Å². The fraction of sp³-hybridized carbons (Fsp3) is 0.833. The van der Waals surface area contributed by atoms with Gasteiger partial charge < -0.3 is 5.11 Å². The third kappa shape index (κ3) is 1.75. The molecule has 0 unspecified atom stereocenters. The van der Waals surface area contributed by atoms with E-state index < -0.39 is 21.7 Å². The Bertz CT molecular complexity index is 287. The lowest BCUT2D eigenvalue weighted by Crippen LogP contribution is -2.48. The number of hydrogen-bond acceptors (Lipinski definition) is 4. The van der Waals surface area contributed by atoms with E-state index in [2.05, 4.69) is 4.18 Å². The zero-order valence-corrected chi connectivity index (χ0v) is 7.43. The lowest BCUT2D eigenvalue weighted by Gasteiger charge is -2.35. The van der Waals surface area contributed by atoms with Gasteiger partial charge in [-0.2, -0.15) is 8.42 Å². The van der Waals surface area contributed by atoms with Crippen molar-refractivity contribution in [3.05, 3.63) is 0 Å². The predicted octanol–water partition coefficient (Wildman–Crippen LogP) is -0.0301. The minimum absolute atomic E-state index is 0.273. The van der Waals surface area contributed by atoms with Crippen LogP contribution in [-0.4, -0.2) is 31.4 Å². The van der Waals surface area contributed by atoms with Gasteiger partial charge in [-0.05, 0) is 19.3 Å². The van der Waals surface area contributed by atoms with Gasteiger partial charge in [0.2, 0.25) is 0 Å². The fourth-order valence-electron chi connectivity index (χ4n) is 1.12. The van der Waals surface area contributed by atoms with Gasteiger partial charge in [0, 0.05) is 0 Å². The standard InChI is InChI=1S/C6H10O5S/c1-12(9,10)11-6(5(7)8)3-2-4-6/h2-4H2,1H3,(H,7,8). The van der Waals surface area contributed by atoms with E-state index >= 15 is 0 Å². The molecule has 70 valence electrons. The molecule has 12 heavy (non-hydrogen) atoms. The summed E-state index contributed by atoms with van der Waals surface area (Å²) in [6.45, 7) is 0. The molecule has 0 bridgehead atoms. The van der Waals surface area contributed by atoms with E-state index in [-0.39, 0.29) is 12.8 Å². The van der Waals surface area contributed by atoms with E-state index in [1.54, 1.807) is 0 Å². The third-order valence-corrected chi connectivity index (χ3v) is 2.48. The van der Waals surface area contributed by atoms with Gasteiger partial charge >= 0.3 is 5.97 Å². The smallest absolute Gasteiger partial charge is 0.337 e. The SMILES string of the molecule is CS(=O)(=O)OC1(C(=O)O)CCC1. The Hall–Kier alpha value is -0.620. The Labute approximate surface area is 70.5 Å². The van der Waals surface area contributed by atoms with Crippen LogP contribution in [0.2, 0.25) is 0 Å². The maximum atomic E-state index is 10.7. The molecule has 1 fully saturated rings. The van der Waals surface area contributed by atoms with Crippen molar-refractivity contribution in [3.8, 4) is 0 Å². The lowest BCUT2D eigenvalue weighted by molar-refractivity contribution is -0.162. The number of carbonyl (C=O) groups is 1. The van der Waals surface area contributed by atoms with Crippen LogP contribution >= 0.6 is 0 Å². The fourth-order valence-corrected chi connectivity index (χ4v) is 1.94. The van der Waals surface area contributed by atoms with Gasteiger partial charge in [0.1, 0.15) is 0 Å². The van der Waals surface area contributed by atoms with Crippen LogP contribution in [0.5, 0.6) is 0 Å². The van der Waals surface area contributed by atoms with Gasteiger partial charge in [0.15, 0.2) is 5.60 Å². The van der Waals surface area contributed by atoms with Crippen LogP contribution in [0.4, 0.5) is 0 Å². The van der Waals surface area contributed by atoms with Gasteiger partial charge in [-0.1, -0.05) is 0 Å². The predicted molar refractivity (Wildman–Crippen MR) is 40.1 cm³/mol. The molecule has 0 radical (unpaired) electrons. The molecule has 1 rings (SSSR count). The van der Waals surface area contributed by atoms with E-state index in [4.69, 9.17) is 5.11 Å². The largest absolute Gasteiger partial charge is 0.479 e. The molecule has 1 aliphatic rings. The number of aliphatic carboxylic acids is 1. The van der Waals surface area contributed by atoms with Crippen molar-refractivity contribution in [2.24, 2.45) is 0 Å². The second-order valence-corrected chi connectivity index (χ2v) is 4.52. The van der Waals surface area contributed by atoms with Gasteiger partial charge in [-0.3, -0.25) is 4.18 Å². The summed E-state index contributed by atoms with van der Waals surface area (Å²) in [6.07, 6.45) is 2.10. The number of carboxylic acid groups (broad SMARTS) is 1. The maximum absolute atomic E-state index is 10.7. The molecule has 1 N–H and O–H groups in total. The topological polar surface area (TPSA) is 80.7 Å². The van der Waals surface area contributed by atoms with Crippen molar-refractivity contribution in [2.75, 3.05) is 6.26 Å². The minimum Gasteiger partial charge on any atom is -0.479 e. The summed E-state index contributed by atoms with van der Waals surface area (Å²) in [6, 6.07) is 0. The molecule has 0 atom stereocenters. The zero-order valence-electron chi connectivity index (χ0n) is 6.61. The highest BCUT2D eigenvalue weighted by Gasteiger charge is 2.48. The van der Waals surface area contributed by atoms with Crippen LogP contribution in [0.25, 0.3) is 0 Å². The van der Waals surface area contributed by atoms with Crippen LogP contribution in [0, 0.1) is 0 Å². The normalized spacial score (nSPS) is 21.4. The van der Waals surface area contributed by atoms with Crippen molar-refractivity contribution in [2.45, 2.75) is 24.9 Å². The summed E-state index contributed by atoms with van der Waals surface area (Å²) < 4.78 is 25.8. The van der Waals surface area contributed by atoms with Crippen LogP contribution in [0.1, 0.15) is 19.3 Å². The molecular formula is C6H10O5S. The van der Waals surface area contributed by atoms with Crippen molar-refractivity contribution >= 4 is 16.1 Å². The van der Waals surface area contributed by atoms with E-state index in [0.717, 1.165) is 6.26 Å². The summed E-state index contributed by atoms with van der Waals surface area (Å²) in [4.78, 5) is 10.6. The average Bonchev–Trinajstić information content (AvgIpc) is 1.75. The first-order chi connectivity index (χ1) is 5.36. The van der Waals surface area contributed by atoms with Crippen molar-refractivity contribution < 1.29 is 22.5 Å². The summed E-state index contributed by atoms with van der Waals surface area (Å²) >= 11 is 0. The number of carboxylic acids is 1. The quantitative estimate of drug-likeness (QED) is 0.638. The molecule has 0 heterocycles. The van der Waals surface area contributed by atoms with Crippen LogP contribution in [-0.2, 0) is 19.1 Å². The summed E-state index contributed by atoms with van der Waals surface area (Å²) in [5.74, 6) is -1.20. The highest BCUT2D eigenvalue weighted by Crippen LogP contribution is 2.36. The van der Waals surface area contributed by atoms with E-state index in [1.165, 1.54) is 0 Å². The molecule has 1 saturated carbocycles. The summed E-state index contributed by atoms with van der Waals surface area (Å²) in [7, 11) is -3.67. The first-order valence-corrected chi connectivity index (χ1v) is 5.31. The average molecular weight is 194 g/mol. The monoisotopic (exact) mass is 194 g/mol. The van der Waals surface area contributed by atoms with E-state index in [9.17, 15) is 13.2 Å². The Kier molecular flexibility index (Phi) is 2.13. The highest BCUT2D eigenvalue weighted by molar-refractivity contribution is 7.86. The number of hydrogen-bond donors (Lipinski definition) is 1. The van der Waals surface area contributed by atoms with Crippen LogP contribution < -0.4 is 0 Å². The molecule has 0 aromatic carbocycles.